The molecule has 1 rings (SSSR count). The first-order chi connectivity index (χ1) is 9.71. The van der Waals surface area contributed by atoms with Crippen molar-refractivity contribution in [3.05, 3.63) is 35.9 Å². The molecule has 1 aromatic rings. The van der Waals surface area contributed by atoms with E-state index in [2.05, 4.69) is 5.32 Å². The van der Waals surface area contributed by atoms with Crippen LogP contribution in [0.4, 0.5) is 0 Å². The zero-order valence-corrected chi connectivity index (χ0v) is 13.6. The predicted molar refractivity (Wildman–Crippen MR) is 84.8 cm³/mol. The van der Waals surface area contributed by atoms with Crippen LogP contribution in [0.3, 0.4) is 0 Å². The summed E-state index contributed by atoms with van der Waals surface area (Å²) < 4.78 is 0. The van der Waals surface area contributed by atoms with Crippen molar-refractivity contribution >= 4 is 11.8 Å². The Hall–Kier alpha value is -1.84. The van der Waals surface area contributed by atoms with Gasteiger partial charge in [-0.15, -0.1) is 0 Å². The molecule has 1 unspecified atom stereocenters. The molecule has 4 nitrogen and oxygen atoms in total. The van der Waals surface area contributed by atoms with Gasteiger partial charge in [-0.3, -0.25) is 9.59 Å². The van der Waals surface area contributed by atoms with Crippen molar-refractivity contribution in [1.29, 1.82) is 0 Å². The highest BCUT2D eigenvalue weighted by Crippen LogP contribution is 2.15. The summed E-state index contributed by atoms with van der Waals surface area (Å²) >= 11 is 0. The lowest BCUT2D eigenvalue weighted by Crippen LogP contribution is -2.46. The molecule has 4 heteroatoms. The first-order valence-electron chi connectivity index (χ1n) is 7.34. The summed E-state index contributed by atoms with van der Waals surface area (Å²) in [7, 11) is 0. The van der Waals surface area contributed by atoms with E-state index < -0.39 is 0 Å². The second kappa shape index (κ2) is 7.25. The van der Waals surface area contributed by atoms with Crippen LogP contribution in [0.2, 0.25) is 0 Å². The molecule has 0 aliphatic carbocycles. The van der Waals surface area contributed by atoms with Crippen LogP contribution in [0.25, 0.3) is 0 Å². The molecule has 1 N–H and O–H groups in total. The number of amides is 2. The molecule has 0 radical (unpaired) electrons. The number of hydrogen-bond acceptors (Lipinski definition) is 2. The summed E-state index contributed by atoms with van der Waals surface area (Å²) in [5.74, 6) is -0.0479. The fourth-order valence-electron chi connectivity index (χ4n) is 2.32. The maximum absolute atomic E-state index is 12.0. The Morgan fingerprint density at radius 1 is 1.19 bits per heavy atom. The van der Waals surface area contributed by atoms with Crippen molar-refractivity contribution in [2.75, 3.05) is 6.54 Å². The fraction of sp³-hybridized carbons (Fsp3) is 0.529. The standard InChI is InChI=1S/C17H26N2O2/c1-13(15-9-7-6-8-10-15)18-16(21)11-12-19(14(2)20)17(3,4)5/h6-10,13H,11-12H2,1-5H3,(H,18,21). The lowest BCUT2D eigenvalue weighted by Gasteiger charge is -2.34. The van der Waals surface area contributed by atoms with Crippen LogP contribution >= 0.6 is 0 Å². The smallest absolute Gasteiger partial charge is 0.222 e. The van der Waals surface area contributed by atoms with Gasteiger partial charge in [-0.25, -0.2) is 0 Å². The van der Waals surface area contributed by atoms with Crippen LogP contribution in [0.5, 0.6) is 0 Å². The highest BCUT2D eigenvalue weighted by Gasteiger charge is 2.24. The van der Waals surface area contributed by atoms with Crippen molar-refractivity contribution in [1.82, 2.24) is 10.2 Å². The number of rotatable bonds is 5. The van der Waals surface area contributed by atoms with E-state index in [-0.39, 0.29) is 23.4 Å². The number of benzene rings is 1. The van der Waals surface area contributed by atoms with Crippen LogP contribution in [-0.4, -0.2) is 28.8 Å². The highest BCUT2D eigenvalue weighted by atomic mass is 16.2. The van der Waals surface area contributed by atoms with E-state index in [1.54, 1.807) is 4.90 Å². The molecular formula is C17H26N2O2. The Balaban J connectivity index is 2.52. The monoisotopic (exact) mass is 290 g/mol. The third-order valence-electron chi connectivity index (χ3n) is 3.43. The molecular weight excluding hydrogens is 264 g/mol. The second-order valence-corrected chi connectivity index (χ2v) is 6.29. The van der Waals surface area contributed by atoms with E-state index in [0.717, 1.165) is 5.56 Å². The van der Waals surface area contributed by atoms with Gasteiger partial charge in [0.15, 0.2) is 0 Å². The molecule has 0 spiro atoms. The second-order valence-electron chi connectivity index (χ2n) is 6.29. The number of nitrogens with one attached hydrogen (secondary N) is 1. The summed E-state index contributed by atoms with van der Waals surface area (Å²) in [5, 5.41) is 2.96. The zero-order chi connectivity index (χ0) is 16.0. The third-order valence-corrected chi connectivity index (χ3v) is 3.43. The van der Waals surface area contributed by atoms with Gasteiger partial charge >= 0.3 is 0 Å². The third kappa shape index (κ3) is 5.58. The van der Waals surface area contributed by atoms with Crippen molar-refractivity contribution in [3.63, 3.8) is 0 Å². The van der Waals surface area contributed by atoms with E-state index in [1.165, 1.54) is 6.92 Å². The van der Waals surface area contributed by atoms with Gasteiger partial charge < -0.3 is 10.2 Å². The molecule has 21 heavy (non-hydrogen) atoms. The van der Waals surface area contributed by atoms with E-state index in [9.17, 15) is 9.59 Å². The Labute approximate surface area is 127 Å². The van der Waals surface area contributed by atoms with E-state index in [1.807, 2.05) is 58.0 Å². The van der Waals surface area contributed by atoms with Crippen molar-refractivity contribution in [2.24, 2.45) is 0 Å². The highest BCUT2D eigenvalue weighted by molar-refractivity contribution is 5.78. The molecule has 0 aromatic heterocycles. The lowest BCUT2D eigenvalue weighted by molar-refractivity contribution is -0.134. The number of nitrogens with zero attached hydrogens (tertiary/aromatic N) is 1. The molecule has 0 fully saturated rings. The molecule has 0 aliphatic heterocycles. The van der Waals surface area contributed by atoms with Gasteiger partial charge in [0.1, 0.15) is 0 Å². The van der Waals surface area contributed by atoms with Crippen molar-refractivity contribution in [2.45, 2.75) is 52.6 Å². The van der Waals surface area contributed by atoms with E-state index >= 15 is 0 Å². The number of carbonyl (C=O) groups is 2. The van der Waals surface area contributed by atoms with Gasteiger partial charge in [0.25, 0.3) is 0 Å². The summed E-state index contributed by atoms with van der Waals surface area (Å²) in [6, 6.07) is 9.80. The van der Waals surface area contributed by atoms with Gasteiger partial charge in [0, 0.05) is 25.4 Å². The molecule has 0 aliphatic rings. The first kappa shape index (κ1) is 17.2. The largest absolute Gasteiger partial charge is 0.350 e. The fourth-order valence-corrected chi connectivity index (χ4v) is 2.32. The van der Waals surface area contributed by atoms with Crippen LogP contribution in [-0.2, 0) is 9.59 Å². The van der Waals surface area contributed by atoms with Gasteiger partial charge in [-0.2, -0.15) is 0 Å². The molecule has 1 aromatic carbocycles. The summed E-state index contributed by atoms with van der Waals surface area (Å²) in [4.78, 5) is 25.4. The molecule has 116 valence electrons. The molecule has 0 saturated carbocycles. The van der Waals surface area contributed by atoms with Gasteiger partial charge in [0.2, 0.25) is 11.8 Å². The molecule has 0 saturated heterocycles. The van der Waals surface area contributed by atoms with Crippen LogP contribution in [0.1, 0.15) is 52.6 Å². The van der Waals surface area contributed by atoms with Crippen LogP contribution in [0, 0.1) is 0 Å². The topological polar surface area (TPSA) is 49.4 Å². The van der Waals surface area contributed by atoms with Crippen LogP contribution in [0.15, 0.2) is 30.3 Å². The maximum Gasteiger partial charge on any atom is 0.222 e. The summed E-state index contributed by atoms with van der Waals surface area (Å²) in [6.07, 6.45) is 0.314. The van der Waals surface area contributed by atoms with Crippen LogP contribution < -0.4 is 5.32 Å². The van der Waals surface area contributed by atoms with E-state index in [4.69, 9.17) is 0 Å². The molecule has 2 amide bonds. The average Bonchev–Trinajstić information content (AvgIpc) is 2.37. The minimum Gasteiger partial charge on any atom is -0.350 e. The Morgan fingerprint density at radius 2 is 1.76 bits per heavy atom. The number of hydrogen-bond donors (Lipinski definition) is 1. The van der Waals surface area contributed by atoms with Gasteiger partial charge in [0.05, 0.1) is 6.04 Å². The number of carbonyl (C=O) groups excluding carboxylic acids is 2. The average molecular weight is 290 g/mol. The Morgan fingerprint density at radius 3 is 2.24 bits per heavy atom. The SMILES string of the molecule is CC(=O)N(CCC(=O)NC(C)c1ccccc1)C(C)(C)C. The summed E-state index contributed by atoms with van der Waals surface area (Å²) in [6.45, 7) is 9.85. The summed E-state index contributed by atoms with van der Waals surface area (Å²) in [5.41, 5.74) is 0.807. The minimum atomic E-state index is -0.267. The van der Waals surface area contributed by atoms with Gasteiger partial charge in [-0.1, -0.05) is 30.3 Å². The minimum absolute atomic E-state index is 0.00796. The molecule has 1 atom stereocenters. The molecule has 0 bridgehead atoms. The van der Waals surface area contributed by atoms with Gasteiger partial charge in [-0.05, 0) is 33.3 Å². The zero-order valence-electron chi connectivity index (χ0n) is 13.6. The first-order valence-corrected chi connectivity index (χ1v) is 7.34. The molecule has 0 heterocycles. The maximum atomic E-state index is 12.0. The lowest BCUT2D eigenvalue weighted by atomic mass is 10.1. The normalized spacial score (nSPS) is 12.6. The van der Waals surface area contributed by atoms with E-state index in [0.29, 0.717) is 13.0 Å². The van der Waals surface area contributed by atoms with Crippen molar-refractivity contribution in [3.8, 4) is 0 Å². The Bertz CT molecular complexity index is 477. The Kier molecular flexibility index (Phi) is 5.94. The quantitative estimate of drug-likeness (QED) is 0.906. The predicted octanol–water partition coefficient (Wildman–Crippen LogP) is 2.90. The van der Waals surface area contributed by atoms with Crippen molar-refractivity contribution < 1.29 is 9.59 Å².